The molecular weight excluding hydrogens is 182 g/mol. The van der Waals surface area contributed by atoms with E-state index in [-0.39, 0.29) is 0 Å². The van der Waals surface area contributed by atoms with Gasteiger partial charge in [0.1, 0.15) is 0 Å². The van der Waals surface area contributed by atoms with E-state index in [1.165, 1.54) is 5.56 Å². The zero-order valence-electron chi connectivity index (χ0n) is 9.06. The average molecular weight is 200 g/mol. The Balaban J connectivity index is 0.000000671. The summed E-state index contributed by atoms with van der Waals surface area (Å²) in [6, 6.07) is 1.95. The molecule has 0 N–H and O–H groups in total. The largest absolute Gasteiger partial charge is 0.259 e. The minimum Gasteiger partial charge on any atom is -0.259 e. The standard InChI is InChI=1S/C9H12ClN.C2H6/c1-6(2)9-7(3)4-8(10)5-11-9;1-2/h4-6H,1-3H3;1-2H3. The van der Waals surface area contributed by atoms with Crippen LogP contribution in [0.15, 0.2) is 12.3 Å². The van der Waals surface area contributed by atoms with E-state index in [2.05, 4.69) is 18.8 Å². The summed E-state index contributed by atoms with van der Waals surface area (Å²) in [7, 11) is 0. The maximum absolute atomic E-state index is 5.76. The first-order valence-electron chi connectivity index (χ1n) is 4.73. The Morgan fingerprint density at radius 1 is 1.31 bits per heavy atom. The van der Waals surface area contributed by atoms with E-state index in [1.807, 2.05) is 26.8 Å². The number of nitrogens with zero attached hydrogens (tertiary/aromatic N) is 1. The lowest BCUT2D eigenvalue weighted by Gasteiger charge is -2.07. The zero-order chi connectivity index (χ0) is 10.4. The molecule has 0 unspecified atom stereocenters. The van der Waals surface area contributed by atoms with Crippen LogP contribution in [-0.2, 0) is 0 Å². The Morgan fingerprint density at radius 2 is 1.85 bits per heavy atom. The molecule has 1 rings (SSSR count). The molecule has 0 aliphatic carbocycles. The fourth-order valence-corrected chi connectivity index (χ4v) is 1.37. The minimum atomic E-state index is 0.479. The van der Waals surface area contributed by atoms with Crippen molar-refractivity contribution in [2.45, 2.75) is 40.5 Å². The molecule has 1 nitrogen and oxygen atoms in total. The van der Waals surface area contributed by atoms with E-state index in [0.717, 1.165) is 5.69 Å². The Labute approximate surface area is 86.1 Å². The molecule has 1 aromatic heterocycles. The fourth-order valence-electron chi connectivity index (χ4n) is 1.16. The van der Waals surface area contributed by atoms with Crippen LogP contribution in [0, 0.1) is 6.92 Å². The van der Waals surface area contributed by atoms with E-state index in [0.29, 0.717) is 10.9 Å². The molecule has 2 heteroatoms. The Hall–Kier alpha value is -0.560. The van der Waals surface area contributed by atoms with Crippen molar-refractivity contribution >= 4 is 11.6 Å². The number of hydrogen-bond donors (Lipinski definition) is 0. The van der Waals surface area contributed by atoms with Gasteiger partial charge in [0.25, 0.3) is 0 Å². The van der Waals surface area contributed by atoms with E-state index in [9.17, 15) is 0 Å². The second-order valence-corrected chi connectivity index (χ2v) is 3.45. The van der Waals surface area contributed by atoms with Crippen LogP contribution in [0.3, 0.4) is 0 Å². The topological polar surface area (TPSA) is 12.9 Å². The molecule has 0 bridgehead atoms. The Bertz CT molecular complexity index is 256. The maximum atomic E-state index is 5.76. The summed E-state index contributed by atoms with van der Waals surface area (Å²) in [5.74, 6) is 0.479. The van der Waals surface area contributed by atoms with Gasteiger partial charge in [-0.25, -0.2) is 0 Å². The first-order valence-corrected chi connectivity index (χ1v) is 5.11. The highest BCUT2D eigenvalue weighted by Crippen LogP contribution is 2.18. The second kappa shape index (κ2) is 5.98. The molecule has 74 valence electrons. The van der Waals surface area contributed by atoms with Gasteiger partial charge in [-0.3, -0.25) is 4.98 Å². The van der Waals surface area contributed by atoms with Crippen molar-refractivity contribution in [2.24, 2.45) is 0 Å². The van der Waals surface area contributed by atoms with Crippen LogP contribution >= 0.6 is 11.6 Å². The average Bonchev–Trinajstić information content (AvgIpc) is 2.07. The highest BCUT2D eigenvalue weighted by molar-refractivity contribution is 6.30. The third-order valence-corrected chi connectivity index (χ3v) is 1.84. The summed E-state index contributed by atoms with van der Waals surface area (Å²) in [4.78, 5) is 4.25. The minimum absolute atomic E-state index is 0.479. The maximum Gasteiger partial charge on any atom is 0.0592 e. The third-order valence-electron chi connectivity index (χ3n) is 1.63. The van der Waals surface area contributed by atoms with Gasteiger partial charge in [0.05, 0.1) is 5.02 Å². The number of aryl methyl sites for hydroxylation is 1. The molecule has 0 radical (unpaired) electrons. The SMILES string of the molecule is CC.Cc1cc(Cl)cnc1C(C)C. The molecule has 0 saturated carbocycles. The Morgan fingerprint density at radius 3 is 2.23 bits per heavy atom. The number of aromatic nitrogens is 1. The fraction of sp³-hybridized carbons (Fsp3) is 0.545. The smallest absolute Gasteiger partial charge is 0.0592 e. The van der Waals surface area contributed by atoms with Crippen LogP contribution in [0.4, 0.5) is 0 Å². The van der Waals surface area contributed by atoms with Gasteiger partial charge in [-0.2, -0.15) is 0 Å². The molecule has 0 amide bonds. The van der Waals surface area contributed by atoms with Gasteiger partial charge in [-0.15, -0.1) is 0 Å². The van der Waals surface area contributed by atoms with Crippen LogP contribution < -0.4 is 0 Å². The normalized spacial score (nSPS) is 9.46. The van der Waals surface area contributed by atoms with Crippen molar-refractivity contribution in [3.8, 4) is 0 Å². The van der Waals surface area contributed by atoms with Gasteiger partial charge < -0.3 is 0 Å². The molecule has 1 aromatic rings. The van der Waals surface area contributed by atoms with Crippen LogP contribution in [0.5, 0.6) is 0 Å². The molecule has 0 saturated heterocycles. The zero-order valence-corrected chi connectivity index (χ0v) is 9.81. The molecular formula is C11H18ClN. The van der Waals surface area contributed by atoms with Crippen molar-refractivity contribution < 1.29 is 0 Å². The van der Waals surface area contributed by atoms with Gasteiger partial charge in [-0.05, 0) is 24.5 Å². The number of hydrogen-bond acceptors (Lipinski definition) is 1. The summed E-state index contributed by atoms with van der Waals surface area (Å²) in [5, 5.41) is 0.715. The number of rotatable bonds is 1. The van der Waals surface area contributed by atoms with Crippen molar-refractivity contribution in [3.63, 3.8) is 0 Å². The summed E-state index contributed by atoms with van der Waals surface area (Å²) in [6.45, 7) is 10.3. The predicted molar refractivity (Wildman–Crippen MR) is 59.4 cm³/mol. The van der Waals surface area contributed by atoms with Gasteiger partial charge in [-0.1, -0.05) is 39.3 Å². The first kappa shape index (κ1) is 12.4. The van der Waals surface area contributed by atoms with Crippen LogP contribution in [-0.4, -0.2) is 4.98 Å². The predicted octanol–water partition coefficient (Wildman–Crippen LogP) is 4.19. The molecule has 0 atom stereocenters. The highest BCUT2D eigenvalue weighted by Gasteiger charge is 2.04. The van der Waals surface area contributed by atoms with E-state index >= 15 is 0 Å². The van der Waals surface area contributed by atoms with Crippen molar-refractivity contribution in [3.05, 3.63) is 28.5 Å². The van der Waals surface area contributed by atoms with Crippen LogP contribution in [0.25, 0.3) is 0 Å². The molecule has 0 spiro atoms. The molecule has 0 aliphatic heterocycles. The molecule has 1 heterocycles. The second-order valence-electron chi connectivity index (χ2n) is 3.01. The first-order chi connectivity index (χ1) is 6.11. The van der Waals surface area contributed by atoms with Gasteiger partial charge in [0.2, 0.25) is 0 Å². The van der Waals surface area contributed by atoms with E-state index in [4.69, 9.17) is 11.6 Å². The number of halogens is 1. The quantitative estimate of drug-likeness (QED) is 0.661. The summed E-state index contributed by atoms with van der Waals surface area (Å²) >= 11 is 5.76. The molecule has 0 aliphatic rings. The molecule has 0 fully saturated rings. The lowest BCUT2D eigenvalue weighted by Crippen LogP contribution is -1.95. The van der Waals surface area contributed by atoms with Crippen molar-refractivity contribution in [2.75, 3.05) is 0 Å². The summed E-state index contributed by atoms with van der Waals surface area (Å²) in [5.41, 5.74) is 2.31. The van der Waals surface area contributed by atoms with Crippen molar-refractivity contribution in [1.29, 1.82) is 0 Å². The van der Waals surface area contributed by atoms with Gasteiger partial charge >= 0.3 is 0 Å². The third kappa shape index (κ3) is 3.77. The molecule has 0 aromatic carbocycles. The van der Waals surface area contributed by atoms with Gasteiger partial charge in [0, 0.05) is 11.9 Å². The monoisotopic (exact) mass is 199 g/mol. The summed E-state index contributed by atoms with van der Waals surface area (Å²) in [6.07, 6.45) is 1.70. The van der Waals surface area contributed by atoms with E-state index < -0.39 is 0 Å². The summed E-state index contributed by atoms with van der Waals surface area (Å²) < 4.78 is 0. The number of pyridine rings is 1. The van der Waals surface area contributed by atoms with Crippen LogP contribution in [0.1, 0.15) is 44.9 Å². The van der Waals surface area contributed by atoms with Crippen molar-refractivity contribution in [1.82, 2.24) is 4.98 Å². The lowest BCUT2D eigenvalue weighted by atomic mass is 10.1. The lowest BCUT2D eigenvalue weighted by molar-refractivity contribution is 0.812. The Kier molecular flexibility index (Phi) is 5.72. The van der Waals surface area contributed by atoms with Crippen LogP contribution in [0.2, 0.25) is 5.02 Å². The highest BCUT2D eigenvalue weighted by atomic mass is 35.5. The van der Waals surface area contributed by atoms with Gasteiger partial charge in [0.15, 0.2) is 0 Å². The van der Waals surface area contributed by atoms with E-state index in [1.54, 1.807) is 6.20 Å². The molecule has 13 heavy (non-hydrogen) atoms.